The normalized spacial score (nSPS) is 14.7. The van der Waals surface area contributed by atoms with Crippen molar-refractivity contribution in [2.45, 2.75) is 4.90 Å². The van der Waals surface area contributed by atoms with Crippen LogP contribution < -0.4 is 10.6 Å². The van der Waals surface area contributed by atoms with Crippen molar-refractivity contribution in [2.75, 3.05) is 43.5 Å². The van der Waals surface area contributed by atoms with Crippen molar-refractivity contribution in [3.63, 3.8) is 0 Å². The molecule has 2 N–H and O–H groups in total. The van der Waals surface area contributed by atoms with Crippen molar-refractivity contribution in [1.82, 2.24) is 4.31 Å². The molecule has 13 heteroatoms. The van der Waals surface area contributed by atoms with E-state index in [-0.39, 0.29) is 23.7 Å². The van der Waals surface area contributed by atoms with E-state index in [0.717, 1.165) is 12.1 Å². The fourth-order valence-corrected chi connectivity index (χ4v) is 4.19. The molecule has 10 nitrogen and oxygen atoms in total. The highest BCUT2D eigenvalue weighted by Crippen LogP contribution is 2.19. The average Bonchev–Trinajstić information content (AvgIpc) is 2.79. The second-order valence-corrected chi connectivity index (χ2v) is 8.65. The van der Waals surface area contributed by atoms with Crippen molar-refractivity contribution in [2.24, 2.45) is 5.16 Å². The van der Waals surface area contributed by atoms with Crippen molar-refractivity contribution < 1.29 is 36.4 Å². The van der Waals surface area contributed by atoms with Crippen molar-refractivity contribution >= 4 is 39.4 Å². The van der Waals surface area contributed by atoms with Crippen LogP contribution in [-0.4, -0.2) is 63.7 Å². The van der Waals surface area contributed by atoms with Gasteiger partial charge >= 0.3 is 0 Å². The number of sulfonamides is 1. The van der Waals surface area contributed by atoms with E-state index in [4.69, 9.17) is 9.57 Å². The fourth-order valence-electron chi connectivity index (χ4n) is 2.78. The Balaban J connectivity index is 1.45. The number of carbonyl (C=O) groups is 2. The highest BCUT2D eigenvalue weighted by Gasteiger charge is 2.26. The molecule has 1 saturated heterocycles. The SMILES string of the molecule is O=C(/C=N/OCC(=O)Nc1ccc(S(=O)(=O)N2CCOCC2)cc1)Nc1ccc(F)cc1F. The summed E-state index contributed by atoms with van der Waals surface area (Å²) in [4.78, 5) is 28.4. The largest absolute Gasteiger partial charge is 0.385 e. The summed E-state index contributed by atoms with van der Waals surface area (Å²) >= 11 is 0. The van der Waals surface area contributed by atoms with Crippen molar-refractivity contribution in [1.29, 1.82) is 0 Å². The van der Waals surface area contributed by atoms with Gasteiger partial charge in [0.05, 0.1) is 23.8 Å². The van der Waals surface area contributed by atoms with E-state index in [0.29, 0.717) is 31.2 Å². The molecule has 1 heterocycles. The molecule has 1 fully saturated rings. The summed E-state index contributed by atoms with van der Waals surface area (Å²) in [5.41, 5.74) is 0.0858. The Morgan fingerprint density at radius 1 is 1.09 bits per heavy atom. The van der Waals surface area contributed by atoms with E-state index < -0.39 is 40.1 Å². The summed E-state index contributed by atoms with van der Waals surface area (Å²) in [5, 5.41) is 7.93. The third-order valence-electron chi connectivity index (χ3n) is 4.38. The molecule has 2 aromatic carbocycles. The minimum Gasteiger partial charge on any atom is -0.385 e. The molecule has 3 rings (SSSR count). The van der Waals surface area contributed by atoms with Crippen LogP contribution in [0.5, 0.6) is 0 Å². The summed E-state index contributed by atoms with van der Waals surface area (Å²) in [6, 6.07) is 8.23. The summed E-state index contributed by atoms with van der Waals surface area (Å²) < 4.78 is 58.0. The van der Waals surface area contributed by atoms with Crippen LogP contribution in [0, 0.1) is 11.6 Å². The Labute approximate surface area is 188 Å². The molecular weight excluding hydrogens is 462 g/mol. The number of benzene rings is 2. The van der Waals surface area contributed by atoms with Gasteiger partial charge in [0.15, 0.2) is 6.61 Å². The van der Waals surface area contributed by atoms with Gasteiger partial charge in [-0.3, -0.25) is 9.59 Å². The molecule has 0 aliphatic carbocycles. The Bertz CT molecular complexity index is 1140. The summed E-state index contributed by atoms with van der Waals surface area (Å²) in [6.07, 6.45) is 0.682. The first-order chi connectivity index (χ1) is 15.8. The van der Waals surface area contributed by atoms with E-state index in [1.165, 1.54) is 28.6 Å². The Hall–Kier alpha value is -3.42. The highest BCUT2D eigenvalue weighted by atomic mass is 32.2. The standard InChI is InChI=1S/C20H20F2N4O6S/c21-14-1-6-18(17(22)11-14)25-19(27)12-23-32-13-20(28)24-15-2-4-16(5-3-15)33(29,30)26-7-9-31-10-8-26/h1-6,11-12H,7-10,13H2,(H,24,28)(H,25,27)/b23-12+. The molecular formula is C20H20F2N4O6S. The molecule has 0 atom stereocenters. The Morgan fingerprint density at radius 3 is 2.45 bits per heavy atom. The number of oxime groups is 1. The van der Waals surface area contributed by atoms with E-state index >= 15 is 0 Å². The van der Waals surface area contributed by atoms with Crippen LogP contribution in [0.1, 0.15) is 0 Å². The fraction of sp³-hybridized carbons (Fsp3) is 0.250. The van der Waals surface area contributed by atoms with Gasteiger partial charge in [0.2, 0.25) is 10.0 Å². The Morgan fingerprint density at radius 2 is 1.79 bits per heavy atom. The molecule has 0 aromatic heterocycles. The van der Waals surface area contributed by atoms with Gasteiger partial charge in [-0.1, -0.05) is 5.16 Å². The van der Waals surface area contributed by atoms with Crippen molar-refractivity contribution in [3.8, 4) is 0 Å². The molecule has 1 aliphatic rings. The van der Waals surface area contributed by atoms with Gasteiger partial charge in [0.1, 0.15) is 17.8 Å². The second-order valence-electron chi connectivity index (χ2n) is 6.71. The van der Waals surface area contributed by atoms with Crippen LogP contribution in [0.15, 0.2) is 52.5 Å². The number of anilines is 2. The summed E-state index contributed by atoms with van der Waals surface area (Å²) in [5.74, 6) is -3.21. The summed E-state index contributed by atoms with van der Waals surface area (Å²) in [6.45, 7) is 0.675. The maximum absolute atomic E-state index is 13.5. The molecule has 2 amide bonds. The van der Waals surface area contributed by atoms with Gasteiger partial charge in [-0.15, -0.1) is 0 Å². The first kappa shape index (κ1) is 24.2. The lowest BCUT2D eigenvalue weighted by Gasteiger charge is -2.26. The van der Waals surface area contributed by atoms with Gasteiger partial charge in [-0.2, -0.15) is 4.31 Å². The van der Waals surface area contributed by atoms with Gasteiger partial charge < -0.3 is 20.2 Å². The number of carbonyl (C=O) groups excluding carboxylic acids is 2. The number of hydrogen-bond donors (Lipinski definition) is 2. The van der Waals surface area contributed by atoms with Gasteiger partial charge in [-0.25, -0.2) is 17.2 Å². The first-order valence-electron chi connectivity index (χ1n) is 9.65. The van der Waals surface area contributed by atoms with Crippen LogP contribution in [0.3, 0.4) is 0 Å². The Kier molecular flexibility index (Phi) is 8.03. The van der Waals surface area contributed by atoms with Crippen LogP contribution in [0.4, 0.5) is 20.2 Å². The molecule has 1 aliphatic heterocycles. The zero-order valence-electron chi connectivity index (χ0n) is 17.2. The third-order valence-corrected chi connectivity index (χ3v) is 6.29. The predicted octanol–water partition coefficient (Wildman–Crippen LogP) is 1.57. The molecule has 0 saturated carbocycles. The molecule has 0 bridgehead atoms. The van der Waals surface area contributed by atoms with Gasteiger partial charge in [-0.05, 0) is 36.4 Å². The topological polar surface area (TPSA) is 126 Å². The van der Waals surface area contributed by atoms with E-state index in [2.05, 4.69) is 15.8 Å². The molecule has 0 unspecified atom stereocenters. The molecule has 2 aromatic rings. The smallest absolute Gasteiger partial charge is 0.270 e. The second kappa shape index (κ2) is 10.9. The maximum Gasteiger partial charge on any atom is 0.270 e. The van der Waals surface area contributed by atoms with Crippen molar-refractivity contribution in [3.05, 3.63) is 54.1 Å². The monoisotopic (exact) mass is 482 g/mol. The number of amides is 2. The number of rotatable bonds is 8. The van der Waals surface area contributed by atoms with Crippen LogP contribution in [0.25, 0.3) is 0 Å². The number of morpholine rings is 1. The first-order valence-corrected chi connectivity index (χ1v) is 11.1. The maximum atomic E-state index is 13.5. The highest BCUT2D eigenvalue weighted by molar-refractivity contribution is 7.89. The third kappa shape index (κ3) is 6.78. The lowest BCUT2D eigenvalue weighted by atomic mass is 10.3. The molecule has 0 spiro atoms. The summed E-state index contributed by atoms with van der Waals surface area (Å²) in [7, 11) is -3.64. The lowest BCUT2D eigenvalue weighted by Crippen LogP contribution is -2.40. The number of ether oxygens (including phenoxy) is 1. The average molecular weight is 482 g/mol. The van der Waals surface area contributed by atoms with Crippen LogP contribution >= 0.6 is 0 Å². The van der Waals surface area contributed by atoms with E-state index in [1.807, 2.05) is 0 Å². The zero-order valence-corrected chi connectivity index (χ0v) is 18.0. The van der Waals surface area contributed by atoms with Gasteiger partial charge in [0, 0.05) is 24.8 Å². The van der Waals surface area contributed by atoms with E-state index in [1.54, 1.807) is 0 Å². The number of halogens is 2. The quantitative estimate of drug-likeness (QED) is 0.435. The molecule has 0 radical (unpaired) electrons. The van der Waals surface area contributed by atoms with Crippen LogP contribution in [-0.2, 0) is 29.2 Å². The lowest BCUT2D eigenvalue weighted by molar-refractivity contribution is -0.120. The number of hydrogen-bond acceptors (Lipinski definition) is 7. The molecule has 176 valence electrons. The van der Waals surface area contributed by atoms with Gasteiger partial charge in [0.25, 0.3) is 11.8 Å². The minimum atomic E-state index is -3.64. The minimum absolute atomic E-state index is 0.0897. The zero-order chi connectivity index (χ0) is 23.8. The number of nitrogens with one attached hydrogen (secondary N) is 2. The predicted molar refractivity (Wildman–Crippen MR) is 114 cm³/mol. The van der Waals surface area contributed by atoms with E-state index in [9.17, 15) is 26.8 Å². The van der Waals surface area contributed by atoms with Crippen LogP contribution in [0.2, 0.25) is 0 Å². The number of nitrogens with zero attached hydrogens (tertiary/aromatic N) is 2. The molecule has 33 heavy (non-hydrogen) atoms.